The number of benzene rings is 2. The molecule has 5 rings (SSSR count). The van der Waals surface area contributed by atoms with Gasteiger partial charge in [0.1, 0.15) is 11.8 Å². The van der Waals surface area contributed by atoms with Crippen molar-refractivity contribution >= 4 is 23.4 Å². The fourth-order valence-corrected chi connectivity index (χ4v) is 4.83. The Hall–Kier alpha value is -3.72. The number of furan rings is 1. The van der Waals surface area contributed by atoms with Gasteiger partial charge in [0.25, 0.3) is 5.91 Å². The number of hydrogen-bond donors (Lipinski definition) is 0. The predicted octanol–water partition coefficient (Wildman–Crippen LogP) is 4.65. The lowest BCUT2D eigenvalue weighted by Gasteiger charge is -2.19. The van der Waals surface area contributed by atoms with Gasteiger partial charge in [0, 0.05) is 6.42 Å². The summed E-state index contributed by atoms with van der Waals surface area (Å²) in [6, 6.07) is 17.6. The minimum atomic E-state index is -0.283. The molecule has 2 aromatic carbocycles. The minimum absolute atomic E-state index is 0.135. The van der Waals surface area contributed by atoms with E-state index in [9.17, 15) is 4.79 Å². The average molecular weight is 473 g/mol. The number of aryl methyl sites for hydroxylation is 3. The van der Waals surface area contributed by atoms with E-state index in [2.05, 4.69) is 15.5 Å². The van der Waals surface area contributed by atoms with Crippen LogP contribution in [-0.4, -0.2) is 42.6 Å². The molecule has 4 aromatic rings. The Bertz CT molecular complexity index is 1320. The molecule has 1 aliphatic heterocycles. The minimum Gasteiger partial charge on any atom is -0.467 e. The van der Waals surface area contributed by atoms with Crippen LogP contribution in [0, 0.1) is 20.8 Å². The fourth-order valence-electron chi connectivity index (χ4n) is 4.10. The van der Waals surface area contributed by atoms with Crippen LogP contribution in [0.25, 0.3) is 5.69 Å². The van der Waals surface area contributed by atoms with Gasteiger partial charge in [0.2, 0.25) is 5.16 Å². The highest BCUT2D eigenvalue weighted by Gasteiger charge is 2.35. The topological polar surface area (TPSA) is 89.4 Å². The summed E-state index contributed by atoms with van der Waals surface area (Å²) in [6.45, 7) is 6.08. The Labute approximate surface area is 201 Å². The molecule has 0 radical (unpaired) electrons. The average Bonchev–Trinajstić information content (AvgIpc) is 3.58. The quantitative estimate of drug-likeness (QED) is 0.380. The van der Waals surface area contributed by atoms with Gasteiger partial charge in [-0.05, 0) is 60.0 Å². The van der Waals surface area contributed by atoms with Gasteiger partial charge < -0.3 is 4.42 Å². The van der Waals surface area contributed by atoms with Crippen molar-refractivity contribution in [1.82, 2.24) is 25.2 Å². The molecule has 34 heavy (non-hydrogen) atoms. The summed E-state index contributed by atoms with van der Waals surface area (Å²) in [7, 11) is 0. The standard InChI is InChI=1S/C25H24N6O2S/c1-16-9-11-19(12-10-16)20-14-21(22-8-5-13-33-22)30(27-20)23(32)15-34-25-26-28-29-31(25)24-17(2)6-4-7-18(24)3/h4-13,21H,14-15H2,1-3H3/t21-/m0/s1. The summed E-state index contributed by atoms with van der Waals surface area (Å²) in [4.78, 5) is 13.3. The molecular weight excluding hydrogens is 448 g/mol. The van der Waals surface area contributed by atoms with Crippen LogP contribution in [-0.2, 0) is 4.79 Å². The summed E-state index contributed by atoms with van der Waals surface area (Å²) >= 11 is 1.29. The third-order valence-corrected chi connectivity index (χ3v) is 6.74. The monoisotopic (exact) mass is 472 g/mol. The summed E-state index contributed by atoms with van der Waals surface area (Å²) in [5, 5.41) is 19.0. The maximum absolute atomic E-state index is 13.3. The number of rotatable bonds is 6. The van der Waals surface area contributed by atoms with E-state index < -0.39 is 0 Å². The highest BCUT2D eigenvalue weighted by atomic mass is 32.2. The van der Waals surface area contributed by atoms with Gasteiger partial charge >= 0.3 is 0 Å². The molecule has 2 aromatic heterocycles. The van der Waals surface area contributed by atoms with E-state index in [0.717, 1.165) is 28.1 Å². The Morgan fingerprint density at radius 2 is 1.82 bits per heavy atom. The lowest BCUT2D eigenvalue weighted by molar-refractivity contribution is -0.130. The number of carbonyl (C=O) groups is 1. The molecule has 1 atom stereocenters. The first-order valence-corrected chi connectivity index (χ1v) is 12.0. The Morgan fingerprint density at radius 3 is 2.53 bits per heavy atom. The molecule has 9 heteroatoms. The van der Waals surface area contributed by atoms with Crippen molar-refractivity contribution in [1.29, 1.82) is 0 Å². The van der Waals surface area contributed by atoms with Gasteiger partial charge in [-0.25, -0.2) is 5.01 Å². The lowest BCUT2D eigenvalue weighted by atomic mass is 10.0. The lowest BCUT2D eigenvalue weighted by Crippen LogP contribution is -2.28. The van der Waals surface area contributed by atoms with E-state index in [0.29, 0.717) is 17.3 Å². The van der Waals surface area contributed by atoms with Crippen molar-refractivity contribution in [3.8, 4) is 5.69 Å². The van der Waals surface area contributed by atoms with Gasteiger partial charge in [-0.15, -0.1) is 5.10 Å². The van der Waals surface area contributed by atoms with Crippen LogP contribution in [0.2, 0.25) is 0 Å². The maximum atomic E-state index is 13.3. The second kappa shape index (κ2) is 9.26. The Morgan fingerprint density at radius 1 is 1.06 bits per heavy atom. The molecule has 0 saturated carbocycles. The summed E-state index contributed by atoms with van der Waals surface area (Å²) in [6.07, 6.45) is 2.21. The van der Waals surface area contributed by atoms with Crippen LogP contribution < -0.4 is 0 Å². The zero-order valence-corrected chi connectivity index (χ0v) is 20.0. The van der Waals surface area contributed by atoms with Crippen molar-refractivity contribution < 1.29 is 9.21 Å². The third kappa shape index (κ3) is 4.26. The number of nitrogens with zero attached hydrogens (tertiary/aromatic N) is 6. The van der Waals surface area contributed by atoms with Crippen LogP contribution in [0.1, 0.15) is 40.5 Å². The highest BCUT2D eigenvalue weighted by molar-refractivity contribution is 7.99. The predicted molar refractivity (Wildman–Crippen MR) is 130 cm³/mol. The number of hydrazone groups is 1. The summed E-state index contributed by atoms with van der Waals surface area (Å²) in [5.74, 6) is 0.724. The molecule has 8 nitrogen and oxygen atoms in total. The molecule has 0 N–H and O–H groups in total. The smallest absolute Gasteiger partial charge is 0.253 e. The Balaban J connectivity index is 1.38. The largest absolute Gasteiger partial charge is 0.467 e. The highest BCUT2D eigenvalue weighted by Crippen LogP contribution is 2.34. The molecule has 0 unspecified atom stereocenters. The number of thioether (sulfide) groups is 1. The number of carbonyl (C=O) groups excluding carboxylic acids is 1. The van der Waals surface area contributed by atoms with Crippen molar-refractivity contribution in [3.05, 3.63) is 88.9 Å². The molecule has 0 saturated heterocycles. The first-order chi connectivity index (χ1) is 16.5. The van der Waals surface area contributed by atoms with Gasteiger partial charge in [-0.1, -0.05) is 59.8 Å². The molecule has 3 heterocycles. The van der Waals surface area contributed by atoms with Crippen LogP contribution >= 0.6 is 11.8 Å². The molecule has 0 fully saturated rings. The van der Waals surface area contributed by atoms with Gasteiger partial charge in [-0.3, -0.25) is 4.79 Å². The van der Waals surface area contributed by atoms with Crippen LogP contribution in [0.3, 0.4) is 0 Å². The number of hydrogen-bond acceptors (Lipinski definition) is 7. The number of tetrazole rings is 1. The Kier molecular flexibility index (Phi) is 6.02. The first-order valence-electron chi connectivity index (χ1n) is 11.0. The van der Waals surface area contributed by atoms with Crippen LogP contribution in [0.5, 0.6) is 0 Å². The van der Waals surface area contributed by atoms with Crippen molar-refractivity contribution in [2.75, 3.05) is 5.75 Å². The maximum Gasteiger partial charge on any atom is 0.253 e. The van der Waals surface area contributed by atoms with E-state index >= 15 is 0 Å². The van der Waals surface area contributed by atoms with Gasteiger partial charge in [0.05, 0.1) is 23.4 Å². The molecule has 0 aliphatic carbocycles. The molecule has 1 amide bonds. The molecule has 172 valence electrons. The second-order valence-corrected chi connectivity index (χ2v) is 9.23. The van der Waals surface area contributed by atoms with Gasteiger partial charge in [0.15, 0.2) is 0 Å². The van der Waals surface area contributed by atoms with E-state index in [-0.39, 0.29) is 17.7 Å². The van der Waals surface area contributed by atoms with E-state index in [4.69, 9.17) is 9.52 Å². The van der Waals surface area contributed by atoms with Crippen molar-refractivity contribution in [2.24, 2.45) is 5.10 Å². The van der Waals surface area contributed by atoms with Crippen molar-refractivity contribution in [2.45, 2.75) is 38.4 Å². The molecule has 0 spiro atoms. The van der Waals surface area contributed by atoms with E-state index in [1.165, 1.54) is 22.3 Å². The normalized spacial score (nSPS) is 15.6. The number of para-hydroxylation sites is 1. The zero-order valence-electron chi connectivity index (χ0n) is 19.2. The molecule has 1 aliphatic rings. The van der Waals surface area contributed by atoms with Crippen LogP contribution in [0.15, 0.2) is 75.5 Å². The summed E-state index contributed by atoms with van der Waals surface area (Å²) < 4.78 is 7.34. The van der Waals surface area contributed by atoms with Crippen molar-refractivity contribution in [3.63, 3.8) is 0 Å². The zero-order chi connectivity index (χ0) is 23.7. The number of amides is 1. The van der Waals surface area contributed by atoms with Gasteiger partial charge in [-0.2, -0.15) is 9.78 Å². The first kappa shape index (κ1) is 22.1. The number of aromatic nitrogens is 4. The van der Waals surface area contributed by atoms with E-state index in [1.807, 2.05) is 75.4 Å². The summed E-state index contributed by atoms with van der Waals surface area (Å²) in [5.41, 5.74) is 6.09. The third-order valence-electron chi connectivity index (χ3n) is 5.84. The second-order valence-electron chi connectivity index (χ2n) is 8.29. The SMILES string of the molecule is Cc1ccc(C2=NN(C(=O)CSc3nnnn3-c3c(C)cccc3C)[C@H](c3ccco3)C2)cc1. The van der Waals surface area contributed by atoms with Crippen LogP contribution in [0.4, 0.5) is 0 Å². The molecule has 0 bridgehead atoms. The van der Waals surface area contributed by atoms with E-state index in [1.54, 1.807) is 10.9 Å². The fraction of sp³-hybridized carbons (Fsp3) is 0.240. The molecular formula is C25H24N6O2S.